The number of carbonyl (C=O) groups is 2. The molecule has 2 aromatic rings. The smallest absolute Gasteiger partial charge is 0.427 e. The van der Waals surface area contributed by atoms with Gasteiger partial charge in [-0.1, -0.05) is 29.8 Å². The van der Waals surface area contributed by atoms with Crippen molar-refractivity contribution in [3.63, 3.8) is 0 Å². The van der Waals surface area contributed by atoms with Crippen LogP contribution < -0.4 is 4.90 Å². The number of hydrogen-bond acceptors (Lipinski definition) is 7. The van der Waals surface area contributed by atoms with Crippen LogP contribution in [-0.2, 0) is 16.1 Å². The van der Waals surface area contributed by atoms with Crippen molar-refractivity contribution in [3.8, 4) is 11.3 Å². The molecule has 0 saturated heterocycles. The van der Waals surface area contributed by atoms with E-state index in [2.05, 4.69) is 9.97 Å². The van der Waals surface area contributed by atoms with Gasteiger partial charge in [-0.15, -0.1) is 4.90 Å². The van der Waals surface area contributed by atoms with Crippen molar-refractivity contribution in [3.05, 3.63) is 40.0 Å². The molecule has 1 heterocycles. The van der Waals surface area contributed by atoms with E-state index in [4.69, 9.17) is 21.1 Å². The Morgan fingerprint density at radius 1 is 1.00 bits per heavy atom. The van der Waals surface area contributed by atoms with E-state index in [1.54, 1.807) is 54.5 Å². The van der Waals surface area contributed by atoms with Crippen molar-refractivity contribution in [1.82, 2.24) is 9.97 Å². The summed E-state index contributed by atoms with van der Waals surface area (Å²) in [6.45, 7) is 13.4. The lowest BCUT2D eigenvalue weighted by molar-refractivity contribution is 0.0427. The molecule has 0 radical (unpaired) electrons. The quantitative estimate of drug-likeness (QED) is 0.592. The van der Waals surface area contributed by atoms with Crippen LogP contribution in [-0.4, -0.2) is 38.5 Å². The molecule has 174 valence electrons. The molecule has 1 aromatic heterocycles. The van der Waals surface area contributed by atoms with Gasteiger partial charge in [0.05, 0.1) is 12.3 Å². The lowest BCUT2D eigenvalue weighted by atomic mass is 9.97. The molecule has 0 unspecified atom stereocenters. The number of halogens is 1. The van der Waals surface area contributed by atoms with Crippen molar-refractivity contribution in [2.75, 3.05) is 4.90 Å². The van der Waals surface area contributed by atoms with Crippen LogP contribution in [0.3, 0.4) is 0 Å². The molecule has 0 aliphatic carbocycles. The molecule has 0 aliphatic rings. The van der Waals surface area contributed by atoms with Crippen molar-refractivity contribution >= 4 is 29.7 Å². The van der Waals surface area contributed by atoms with Gasteiger partial charge in [0.2, 0.25) is 5.95 Å². The average Bonchev–Trinajstić information content (AvgIpc) is 2.61. The second kappa shape index (κ2) is 9.42. The third-order valence-corrected chi connectivity index (χ3v) is 4.56. The van der Waals surface area contributed by atoms with Gasteiger partial charge in [0, 0.05) is 11.1 Å². The van der Waals surface area contributed by atoms with Gasteiger partial charge in [0.25, 0.3) is 0 Å². The van der Waals surface area contributed by atoms with Gasteiger partial charge in [-0.2, -0.15) is 4.98 Å². The van der Waals surface area contributed by atoms with Gasteiger partial charge < -0.3 is 14.6 Å². The van der Waals surface area contributed by atoms with E-state index in [1.807, 2.05) is 19.1 Å². The maximum atomic E-state index is 13.0. The minimum absolute atomic E-state index is 0.0502. The summed E-state index contributed by atoms with van der Waals surface area (Å²) in [5.41, 5.74) is 1.26. The van der Waals surface area contributed by atoms with Crippen LogP contribution >= 0.6 is 11.6 Å². The largest absolute Gasteiger partial charge is 0.443 e. The summed E-state index contributed by atoms with van der Waals surface area (Å²) >= 11 is 6.39. The lowest BCUT2D eigenvalue weighted by Crippen LogP contribution is -2.44. The molecule has 0 fully saturated rings. The highest BCUT2D eigenvalue weighted by Crippen LogP contribution is 2.33. The third-order valence-electron chi connectivity index (χ3n) is 4.19. The van der Waals surface area contributed by atoms with Crippen LogP contribution in [0.15, 0.2) is 18.2 Å². The number of aliphatic hydroxyl groups excluding tert-OH is 1. The zero-order valence-electron chi connectivity index (χ0n) is 19.7. The molecule has 1 N–H and O–H groups in total. The molecule has 2 amide bonds. The van der Waals surface area contributed by atoms with Crippen molar-refractivity contribution in [1.29, 1.82) is 0 Å². The fraction of sp³-hybridized carbons (Fsp3) is 0.478. The van der Waals surface area contributed by atoms with Gasteiger partial charge in [-0.3, -0.25) is 0 Å². The van der Waals surface area contributed by atoms with Crippen LogP contribution in [0.2, 0.25) is 5.15 Å². The summed E-state index contributed by atoms with van der Waals surface area (Å²) in [4.78, 5) is 35.2. The lowest BCUT2D eigenvalue weighted by Gasteiger charge is -2.28. The highest BCUT2D eigenvalue weighted by atomic mass is 35.5. The number of nitrogens with zero attached hydrogens (tertiary/aromatic N) is 3. The number of rotatable bonds is 3. The van der Waals surface area contributed by atoms with Gasteiger partial charge >= 0.3 is 12.2 Å². The normalized spacial score (nSPS) is 11.8. The second-order valence-corrected chi connectivity index (χ2v) is 9.71. The number of aryl methyl sites for hydroxylation is 1. The van der Waals surface area contributed by atoms with Crippen LogP contribution in [0.25, 0.3) is 11.3 Å². The SMILES string of the molecule is Cc1cccc(CO)c1-c1nc(N(C(=O)OC(C)(C)C)C(=O)OC(C)(C)C)nc(Cl)c1C. The molecular formula is C23H30ClN3O5. The number of amides is 2. The van der Waals surface area contributed by atoms with Crippen molar-refractivity contribution in [2.45, 2.75) is 73.2 Å². The fourth-order valence-electron chi connectivity index (χ4n) is 2.87. The van der Waals surface area contributed by atoms with E-state index < -0.39 is 23.4 Å². The molecule has 0 atom stereocenters. The minimum Gasteiger partial charge on any atom is -0.443 e. The third kappa shape index (κ3) is 6.17. The summed E-state index contributed by atoms with van der Waals surface area (Å²) < 4.78 is 10.8. The maximum Gasteiger partial charge on any atom is 0.427 e. The number of aromatic nitrogens is 2. The Morgan fingerprint density at radius 2 is 1.53 bits per heavy atom. The van der Waals surface area contributed by atoms with E-state index in [-0.39, 0.29) is 17.7 Å². The predicted molar refractivity (Wildman–Crippen MR) is 123 cm³/mol. The van der Waals surface area contributed by atoms with Gasteiger partial charge in [0.15, 0.2) is 0 Å². The Balaban J connectivity index is 2.72. The number of aliphatic hydroxyl groups is 1. The zero-order chi connectivity index (χ0) is 24.4. The molecule has 2 rings (SSSR count). The number of imide groups is 1. The number of benzene rings is 1. The second-order valence-electron chi connectivity index (χ2n) is 9.35. The Labute approximate surface area is 193 Å². The number of anilines is 1. The Hall–Kier alpha value is -2.71. The predicted octanol–water partition coefficient (Wildman–Crippen LogP) is 5.58. The Morgan fingerprint density at radius 3 is 2.00 bits per heavy atom. The van der Waals surface area contributed by atoms with Gasteiger partial charge in [-0.25, -0.2) is 14.6 Å². The Bertz CT molecular complexity index is 998. The maximum absolute atomic E-state index is 13.0. The van der Waals surface area contributed by atoms with Crippen molar-refractivity contribution in [2.24, 2.45) is 0 Å². The summed E-state index contributed by atoms with van der Waals surface area (Å²) in [5, 5.41) is 9.89. The molecule has 1 aromatic carbocycles. The van der Waals surface area contributed by atoms with Crippen LogP contribution in [0.1, 0.15) is 58.2 Å². The minimum atomic E-state index is -0.996. The molecule has 0 aliphatic heterocycles. The fourth-order valence-corrected chi connectivity index (χ4v) is 3.04. The molecular weight excluding hydrogens is 434 g/mol. The molecule has 8 nitrogen and oxygen atoms in total. The summed E-state index contributed by atoms with van der Waals surface area (Å²) in [6, 6.07) is 5.44. The first-order valence-electron chi connectivity index (χ1n) is 10.1. The van der Waals surface area contributed by atoms with E-state index in [1.165, 1.54) is 0 Å². The topological polar surface area (TPSA) is 102 Å². The summed E-state index contributed by atoms with van der Waals surface area (Å²) in [5.74, 6) is -0.286. The van der Waals surface area contributed by atoms with Crippen LogP contribution in [0.4, 0.5) is 15.5 Å². The standard InChI is InChI=1S/C23H30ClN3O5/c1-13-10-9-11-15(12-28)16(13)17-14(2)18(24)26-19(25-17)27(20(29)31-22(3,4)5)21(30)32-23(6,7)8/h9-11,28H,12H2,1-8H3. The molecule has 0 bridgehead atoms. The van der Waals surface area contributed by atoms with E-state index in [0.29, 0.717) is 27.3 Å². The number of ether oxygens (including phenoxy) is 2. The van der Waals surface area contributed by atoms with Crippen LogP contribution in [0, 0.1) is 13.8 Å². The van der Waals surface area contributed by atoms with E-state index in [0.717, 1.165) is 5.56 Å². The zero-order valence-corrected chi connectivity index (χ0v) is 20.5. The summed E-state index contributed by atoms with van der Waals surface area (Å²) in [7, 11) is 0. The molecule has 0 spiro atoms. The highest BCUT2D eigenvalue weighted by molar-refractivity contribution is 6.30. The van der Waals surface area contributed by atoms with Crippen LogP contribution in [0.5, 0.6) is 0 Å². The number of hydrogen-bond donors (Lipinski definition) is 1. The highest BCUT2D eigenvalue weighted by Gasteiger charge is 2.35. The van der Waals surface area contributed by atoms with E-state index in [9.17, 15) is 14.7 Å². The van der Waals surface area contributed by atoms with Crippen molar-refractivity contribution < 1.29 is 24.2 Å². The summed E-state index contributed by atoms with van der Waals surface area (Å²) in [6.07, 6.45) is -1.99. The molecule has 32 heavy (non-hydrogen) atoms. The first-order valence-corrected chi connectivity index (χ1v) is 10.5. The first-order chi connectivity index (χ1) is 14.6. The first kappa shape index (κ1) is 25.5. The molecule has 9 heteroatoms. The van der Waals surface area contributed by atoms with E-state index >= 15 is 0 Å². The average molecular weight is 464 g/mol. The van der Waals surface area contributed by atoms with Gasteiger partial charge in [0.1, 0.15) is 16.4 Å². The monoisotopic (exact) mass is 463 g/mol. The molecule has 0 saturated carbocycles. The Kier molecular flexibility index (Phi) is 7.52. The van der Waals surface area contributed by atoms with Gasteiger partial charge in [-0.05, 0) is 66.5 Å². The number of carbonyl (C=O) groups excluding carboxylic acids is 2.